The monoisotopic (exact) mass is 308 g/mol. The summed E-state index contributed by atoms with van der Waals surface area (Å²) in [5, 5.41) is 20.1. The van der Waals surface area contributed by atoms with Gasteiger partial charge in [0.05, 0.1) is 15.5 Å². The van der Waals surface area contributed by atoms with Crippen LogP contribution in [0, 0.1) is 17.0 Å². The summed E-state index contributed by atoms with van der Waals surface area (Å²) in [6.07, 6.45) is 0. The first-order valence-electron chi connectivity index (χ1n) is 5.87. The minimum absolute atomic E-state index is 0.0288. The lowest BCUT2D eigenvalue weighted by Crippen LogP contribution is -2.13. The number of nitro benzene ring substituents is 1. The van der Waals surface area contributed by atoms with E-state index < -0.39 is 14.9 Å². The molecule has 0 unspecified atom stereocenters. The largest absolute Gasteiger partial charge is 0.508 e. The van der Waals surface area contributed by atoms with Gasteiger partial charge in [0.25, 0.3) is 15.7 Å². The number of anilines is 1. The van der Waals surface area contributed by atoms with Crippen molar-refractivity contribution in [3.63, 3.8) is 0 Å². The van der Waals surface area contributed by atoms with E-state index >= 15 is 0 Å². The Morgan fingerprint density at radius 3 is 2.33 bits per heavy atom. The van der Waals surface area contributed by atoms with Crippen molar-refractivity contribution in [1.29, 1.82) is 0 Å². The lowest BCUT2D eigenvalue weighted by atomic mass is 10.2. The molecular formula is C13H12N2O5S. The summed E-state index contributed by atoms with van der Waals surface area (Å²) in [6.45, 7) is 1.57. The quantitative estimate of drug-likeness (QED) is 0.665. The molecular weight excluding hydrogens is 296 g/mol. The van der Waals surface area contributed by atoms with Gasteiger partial charge in [-0.2, -0.15) is 0 Å². The molecule has 2 aromatic rings. The third kappa shape index (κ3) is 3.11. The van der Waals surface area contributed by atoms with Crippen molar-refractivity contribution in [2.24, 2.45) is 0 Å². The highest BCUT2D eigenvalue weighted by Gasteiger charge is 2.17. The molecule has 0 aromatic heterocycles. The molecule has 0 amide bonds. The van der Waals surface area contributed by atoms with E-state index in [1.165, 1.54) is 18.2 Å². The van der Waals surface area contributed by atoms with Gasteiger partial charge < -0.3 is 5.11 Å². The van der Waals surface area contributed by atoms with Gasteiger partial charge in [-0.3, -0.25) is 14.8 Å². The van der Waals surface area contributed by atoms with Crippen LogP contribution in [-0.4, -0.2) is 18.4 Å². The van der Waals surface area contributed by atoms with Crippen molar-refractivity contribution in [2.45, 2.75) is 11.8 Å². The van der Waals surface area contributed by atoms with Crippen LogP contribution in [0.15, 0.2) is 47.4 Å². The molecule has 0 bridgehead atoms. The molecule has 0 spiro atoms. The number of nitrogens with zero attached hydrogens (tertiary/aromatic N) is 1. The molecule has 0 aliphatic carbocycles. The summed E-state index contributed by atoms with van der Waals surface area (Å²) in [7, 11) is -3.88. The van der Waals surface area contributed by atoms with Crippen LogP contribution in [0.5, 0.6) is 5.75 Å². The molecule has 0 radical (unpaired) electrons. The average molecular weight is 308 g/mol. The lowest BCUT2D eigenvalue weighted by Gasteiger charge is -2.11. The van der Waals surface area contributed by atoms with Crippen molar-refractivity contribution in [3.05, 3.63) is 58.1 Å². The van der Waals surface area contributed by atoms with Crippen molar-refractivity contribution < 1.29 is 18.4 Å². The molecule has 0 atom stereocenters. The van der Waals surface area contributed by atoms with Crippen LogP contribution in [0.3, 0.4) is 0 Å². The normalized spacial score (nSPS) is 11.1. The summed E-state index contributed by atoms with van der Waals surface area (Å²) in [6, 6.07) is 9.00. The number of hydrogen-bond donors (Lipinski definition) is 2. The molecule has 2 N–H and O–H groups in total. The number of benzene rings is 2. The first-order valence-corrected chi connectivity index (χ1v) is 7.35. The Balaban J connectivity index is 2.34. The molecule has 2 aromatic carbocycles. The van der Waals surface area contributed by atoms with Crippen LogP contribution in [0.25, 0.3) is 0 Å². The summed E-state index contributed by atoms with van der Waals surface area (Å²) in [5.41, 5.74) is 0.443. The Hall–Kier alpha value is -2.61. The maximum Gasteiger partial charge on any atom is 0.269 e. The van der Waals surface area contributed by atoms with E-state index in [9.17, 15) is 23.6 Å². The molecule has 7 nitrogen and oxygen atoms in total. The van der Waals surface area contributed by atoms with Gasteiger partial charge in [0.15, 0.2) is 0 Å². The number of phenolic OH excluding ortho intramolecular Hbond substituents is 1. The number of sulfonamides is 1. The second kappa shape index (κ2) is 5.41. The molecule has 0 aliphatic heterocycles. The second-order valence-electron chi connectivity index (χ2n) is 4.31. The van der Waals surface area contributed by atoms with Crippen molar-refractivity contribution >= 4 is 21.4 Å². The summed E-state index contributed by atoms with van der Waals surface area (Å²) < 4.78 is 26.7. The summed E-state index contributed by atoms with van der Waals surface area (Å²) >= 11 is 0. The van der Waals surface area contributed by atoms with Gasteiger partial charge in [-0.1, -0.05) is 6.07 Å². The van der Waals surface area contributed by atoms with Crippen LogP contribution < -0.4 is 4.72 Å². The number of rotatable bonds is 4. The molecule has 0 aliphatic rings. The van der Waals surface area contributed by atoms with Gasteiger partial charge in [-0.25, -0.2) is 8.42 Å². The van der Waals surface area contributed by atoms with E-state index in [1.807, 2.05) is 0 Å². The van der Waals surface area contributed by atoms with Crippen molar-refractivity contribution in [3.8, 4) is 5.75 Å². The van der Waals surface area contributed by atoms with E-state index in [1.54, 1.807) is 6.92 Å². The SMILES string of the molecule is Cc1c(O)cccc1NS(=O)(=O)c1ccc([N+](=O)[O-])cc1. The van der Waals surface area contributed by atoms with E-state index in [2.05, 4.69) is 4.72 Å². The number of nitro groups is 1. The van der Waals surface area contributed by atoms with Crippen LogP contribution in [-0.2, 0) is 10.0 Å². The van der Waals surface area contributed by atoms with Gasteiger partial charge >= 0.3 is 0 Å². The van der Waals surface area contributed by atoms with Crippen molar-refractivity contribution in [1.82, 2.24) is 0 Å². The number of aromatic hydroxyl groups is 1. The van der Waals surface area contributed by atoms with Crippen LogP contribution >= 0.6 is 0 Å². The highest BCUT2D eigenvalue weighted by molar-refractivity contribution is 7.92. The zero-order valence-electron chi connectivity index (χ0n) is 11.0. The Morgan fingerprint density at radius 2 is 1.76 bits per heavy atom. The van der Waals surface area contributed by atoms with Crippen LogP contribution in [0.4, 0.5) is 11.4 Å². The topological polar surface area (TPSA) is 110 Å². The first-order chi connectivity index (χ1) is 9.81. The number of nitrogens with one attached hydrogen (secondary N) is 1. The number of non-ortho nitro benzene ring substituents is 1. The summed E-state index contributed by atoms with van der Waals surface area (Å²) in [5.74, 6) is -0.0288. The molecule has 0 saturated carbocycles. The van der Waals surface area contributed by atoms with E-state index in [0.29, 0.717) is 5.56 Å². The van der Waals surface area contributed by atoms with Gasteiger partial charge in [0.1, 0.15) is 5.75 Å². The molecule has 2 rings (SSSR count). The highest BCUT2D eigenvalue weighted by Crippen LogP contribution is 2.26. The standard InChI is InChI=1S/C13H12N2O5S/c1-9-12(3-2-4-13(9)16)14-21(19,20)11-7-5-10(6-8-11)15(17)18/h2-8,14,16H,1H3. The Labute approximate surface area is 121 Å². The molecule has 8 heteroatoms. The van der Waals surface area contributed by atoms with Crippen LogP contribution in [0.2, 0.25) is 0 Å². The molecule has 110 valence electrons. The Morgan fingerprint density at radius 1 is 1.14 bits per heavy atom. The molecule has 0 heterocycles. The number of phenols is 1. The fraction of sp³-hybridized carbons (Fsp3) is 0.0769. The highest BCUT2D eigenvalue weighted by atomic mass is 32.2. The average Bonchev–Trinajstić information content (AvgIpc) is 2.44. The minimum Gasteiger partial charge on any atom is -0.508 e. The lowest BCUT2D eigenvalue weighted by molar-refractivity contribution is -0.384. The van der Waals surface area contributed by atoms with Gasteiger partial charge in [-0.05, 0) is 31.2 Å². The van der Waals surface area contributed by atoms with Gasteiger partial charge in [0.2, 0.25) is 0 Å². The summed E-state index contributed by atoms with van der Waals surface area (Å²) in [4.78, 5) is 9.84. The molecule has 0 fully saturated rings. The maximum atomic E-state index is 12.2. The van der Waals surface area contributed by atoms with E-state index in [0.717, 1.165) is 24.3 Å². The third-order valence-electron chi connectivity index (χ3n) is 2.91. The maximum absolute atomic E-state index is 12.2. The first kappa shape index (κ1) is 14.8. The minimum atomic E-state index is -3.88. The predicted octanol–water partition coefficient (Wildman–Crippen LogP) is 2.41. The van der Waals surface area contributed by atoms with Crippen molar-refractivity contribution in [2.75, 3.05) is 4.72 Å². The molecule has 21 heavy (non-hydrogen) atoms. The Bertz CT molecular complexity index is 785. The smallest absolute Gasteiger partial charge is 0.269 e. The van der Waals surface area contributed by atoms with Gasteiger partial charge in [0, 0.05) is 17.7 Å². The van der Waals surface area contributed by atoms with E-state index in [-0.39, 0.29) is 22.0 Å². The van der Waals surface area contributed by atoms with Gasteiger partial charge in [-0.15, -0.1) is 0 Å². The van der Waals surface area contributed by atoms with E-state index in [4.69, 9.17) is 0 Å². The predicted molar refractivity (Wildman–Crippen MR) is 76.7 cm³/mol. The second-order valence-corrected chi connectivity index (χ2v) is 5.99. The zero-order valence-corrected chi connectivity index (χ0v) is 11.8. The third-order valence-corrected chi connectivity index (χ3v) is 4.29. The Kier molecular flexibility index (Phi) is 3.81. The zero-order chi connectivity index (χ0) is 15.6. The number of hydrogen-bond acceptors (Lipinski definition) is 5. The van der Waals surface area contributed by atoms with Crippen LogP contribution in [0.1, 0.15) is 5.56 Å². The molecule has 0 saturated heterocycles. The fourth-order valence-electron chi connectivity index (χ4n) is 1.68. The fourth-order valence-corrected chi connectivity index (χ4v) is 2.81.